The van der Waals surface area contributed by atoms with E-state index in [1.54, 1.807) is 6.07 Å². The predicted molar refractivity (Wildman–Crippen MR) is 78.2 cm³/mol. The Morgan fingerprint density at radius 1 is 1.29 bits per heavy atom. The van der Waals surface area contributed by atoms with Crippen LogP contribution in [0.2, 0.25) is 0 Å². The van der Waals surface area contributed by atoms with Crippen molar-refractivity contribution in [3.63, 3.8) is 0 Å². The number of aromatic nitrogens is 2. The van der Waals surface area contributed by atoms with Crippen LogP contribution in [-0.4, -0.2) is 15.8 Å². The van der Waals surface area contributed by atoms with Crippen LogP contribution in [0.5, 0.6) is 0 Å². The second kappa shape index (κ2) is 6.19. The van der Waals surface area contributed by atoms with Gasteiger partial charge in [-0.05, 0) is 39.7 Å². The lowest BCUT2D eigenvalue weighted by Gasteiger charge is -2.10. The number of halogens is 4. The van der Waals surface area contributed by atoms with E-state index in [1.165, 1.54) is 10.9 Å². The zero-order chi connectivity index (χ0) is 15.6. The van der Waals surface area contributed by atoms with Crippen LogP contribution < -0.4 is 5.32 Å². The summed E-state index contributed by atoms with van der Waals surface area (Å²) >= 11 is 3.38. The van der Waals surface area contributed by atoms with Crippen LogP contribution in [0.25, 0.3) is 5.69 Å². The molecule has 0 aliphatic carbocycles. The van der Waals surface area contributed by atoms with Crippen molar-refractivity contribution in [3.8, 4) is 5.69 Å². The maximum atomic E-state index is 12.6. The highest BCUT2D eigenvalue weighted by Gasteiger charge is 2.33. The molecule has 1 aromatic carbocycles. The highest BCUT2D eigenvalue weighted by Crippen LogP contribution is 2.29. The van der Waals surface area contributed by atoms with Crippen molar-refractivity contribution in [2.45, 2.75) is 32.6 Å². The molecule has 114 valence electrons. The normalized spacial score (nSPS) is 12.1. The van der Waals surface area contributed by atoms with Gasteiger partial charge in [-0.3, -0.25) is 0 Å². The fourth-order valence-electron chi connectivity index (χ4n) is 1.78. The second-order valence-electron chi connectivity index (χ2n) is 4.96. The van der Waals surface area contributed by atoms with Crippen molar-refractivity contribution in [3.05, 3.63) is 46.2 Å². The second-order valence-corrected chi connectivity index (χ2v) is 5.82. The van der Waals surface area contributed by atoms with E-state index in [9.17, 15) is 13.2 Å². The van der Waals surface area contributed by atoms with E-state index in [0.29, 0.717) is 22.7 Å². The monoisotopic (exact) mass is 361 g/mol. The molecule has 0 spiro atoms. The molecule has 1 heterocycles. The first-order chi connectivity index (χ1) is 9.77. The molecular weight excluding hydrogens is 347 g/mol. The molecule has 7 heteroatoms. The molecule has 0 unspecified atom stereocenters. The predicted octanol–water partition coefficient (Wildman–Crippen LogP) is 4.15. The fourth-order valence-corrected chi connectivity index (χ4v) is 2.39. The summed E-state index contributed by atoms with van der Waals surface area (Å²) in [6, 6.07) is 6.81. The number of hydrogen-bond donors (Lipinski definition) is 1. The Labute approximate surface area is 129 Å². The Balaban J connectivity index is 2.23. The van der Waals surface area contributed by atoms with E-state index in [4.69, 9.17) is 0 Å². The van der Waals surface area contributed by atoms with Crippen molar-refractivity contribution >= 4 is 15.9 Å². The van der Waals surface area contributed by atoms with Crippen LogP contribution in [0.4, 0.5) is 13.2 Å². The zero-order valence-corrected chi connectivity index (χ0v) is 13.2. The van der Waals surface area contributed by atoms with Gasteiger partial charge in [0.2, 0.25) is 0 Å². The quantitative estimate of drug-likeness (QED) is 0.886. The van der Waals surface area contributed by atoms with Gasteiger partial charge in [-0.15, -0.1) is 0 Å². The first kappa shape index (κ1) is 16.0. The molecule has 0 radical (unpaired) electrons. The summed E-state index contributed by atoms with van der Waals surface area (Å²) in [5, 5.41) is 6.84. The molecule has 0 saturated heterocycles. The van der Waals surface area contributed by atoms with Gasteiger partial charge in [0.25, 0.3) is 0 Å². The summed E-state index contributed by atoms with van der Waals surface area (Å²) in [5.41, 5.74) is 0.710. The molecule has 21 heavy (non-hydrogen) atoms. The van der Waals surface area contributed by atoms with Crippen LogP contribution in [0.1, 0.15) is 25.1 Å². The molecule has 0 amide bonds. The Morgan fingerprint density at radius 3 is 2.52 bits per heavy atom. The SMILES string of the molecule is CC(C)NCc1ccc(-n2ccc(C(F)(F)F)n2)c(Br)c1. The van der Waals surface area contributed by atoms with E-state index in [1.807, 2.05) is 26.0 Å². The lowest BCUT2D eigenvalue weighted by Crippen LogP contribution is -2.21. The molecule has 0 aliphatic rings. The van der Waals surface area contributed by atoms with Crippen molar-refractivity contribution < 1.29 is 13.2 Å². The third-order valence-corrected chi connectivity index (χ3v) is 3.49. The summed E-state index contributed by atoms with van der Waals surface area (Å²) < 4.78 is 39.6. The Bertz CT molecular complexity index is 620. The number of nitrogens with one attached hydrogen (secondary N) is 1. The standard InChI is InChI=1S/C14H15BrF3N3/c1-9(2)19-8-10-3-4-12(11(15)7-10)21-6-5-13(20-21)14(16,17)18/h3-7,9,19H,8H2,1-2H3. The third-order valence-electron chi connectivity index (χ3n) is 2.85. The highest BCUT2D eigenvalue weighted by atomic mass is 79.9. The number of nitrogens with zero attached hydrogens (tertiary/aromatic N) is 2. The molecule has 1 N–H and O–H groups in total. The van der Waals surface area contributed by atoms with Gasteiger partial charge in [-0.1, -0.05) is 19.9 Å². The molecule has 1 aromatic heterocycles. The van der Waals surface area contributed by atoms with Crippen molar-refractivity contribution in [1.29, 1.82) is 0 Å². The topological polar surface area (TPSA) is 29.9 Å². The summed E-state index contributed by atoms with van der Waals surface area (Å²) in [4.78, 5) is 0. The van der Waals surface area contributed by atoms with Crippen molar-refractivity contribution in [2.75, 3.05) is 0 Å². The molecule has 2 rings (SSSR count). The molecule has 3 nitrogen and oxygen atoms in total. The molecule has 0 bridgehead atoms. The summed E-state index contributed by atoms with van der Waals surface area (Å²) in [6.07, 6.45) is -3.13. The lowest BCUT2D eigenvalue weighted by molar-refractivity contribution is -0.141. The minimum atomic E-state index is -4.43. The Kier molecular flexibility index (Phi) is 4.73. The fraction of sp³-hybridized carbons (Fsp3) is 0.357. The summed E-state index contributed by atoms with van der Waals surface area (Å²) in [7, 11) is 0. The number of alkyl halides is 3. The average Bonchev–Trinajstić information content (AvgIpc) is 2.85. The molecule has 0 saturated carbocycles. The summed E-state index contributed by atoms with van der Waals surface area (Å²) in [5.74, 6) is 0. The van der Waals surface area contributed by atoms with Gasteiger partial charge in [0.05, 0.1) is 5.69 Å². The highest BCUT2D eigenvalue weighted by molar-refractivity contribution is 9.10. The minimum absolute atomic E-state index is 0.365. The van der Waals surface area contributed by atoms with Gasteiger partial charge in [0.1, 0.15) is 0 Å². The van der Waals surface area contributed by atoms with E-state index < -0.39 is 11.9 Å². The molecule has 0 aliphatic heterocycles. The van der Waals surface area contributed by atoms with Crippen LogP contribution >= 0.6 is 15.9 Å². The van der Waals surface area contributed by atoms with Gasteiger partial charge >= 0.3 is 6.18 Å². The van der Waals surface area contributed by atoms with Gasteiger partial charge < -0.3 is 5.32 Å². The van der Waals surface area contributed by atoms with Crippen LogP contribution in [0.15, 0.2) is 34.9 Å². The van der Waals surface area contributed by atoms with Gasteiger partial charge in [-0.2, -0.15) is 18.3 Å². The smallest absolute Gasteiger partial charge is 0.310 e. The zero-order valence-electron chi connectivity index (χ0n) is 11.6. The van der Waals surface area contributed by atoms with E-state index in [-0.39, 0.29) is 0 Å². The van der Waals surface area contributed by atoms with E-state index >= 15 is 0 Å². The molecule has 0 atom stereocenters. The number of hydrogen-bond acceptors (Lipinski definition) is 2. The van der Waals surface area contributed by atoms with E-state index in [0.717, 1.165) is 11.6 Å². The first-order valence-electron chi connectivity index (χ1n) is 6.42. The Morgan fingerprint density at radius 2 is 2.00 bits per heavy atom. The molecule has 0 fully saturated rings. The van der Waals surface area contributed by atoms with Crippen LogP contribution in [0, 0.1) is 0 Å². The van der Waals surface area contributed by atoms with Gasteiger partial charge in [0.15, 0.2) is 5.69 Å². The van der Waals surface area contributed by atoms with Gasteiger partial charge in [-0.25, -0.2) is 4.68 Å². The average molecular weight is 362 g/mol. The lowest BCUT2D eigenvalue weighted by atomic mass is 10.2. The number of rotatable bonds is 4. The van der Waals surface area contributed by atoms with Crippen molar-refractivity contribution in [1.82, 2.24) is 15.1 Å². The molecular formula is C14H15BrF3N3. The first-order valence-corrected chi connectivity index (χ1v) is 7.21. The Hall–Kier alpha value is -1.34. The van der Waals surface area contributed by atoms with Crippen LogP contribution in [0.3, 0.4) is 0 Å². The summed E-state index contributed by atoms with van der Waals surface area (Å²) in [6.45, 7) is 4.79. The molecule has 2 aromatic rings. The minimum Gasteiger partial charge on any atom is -0.310 e. The maximum Gasteiger partial charge on any atom is 0.435 e. The number of benzene rings is 1. The largest absolute Gasteiger partial charge is 0.435 e. The van der Waals surface area contributed by atoms with E-state index in [2.05, 4.69) is 26.3 Å². The third kappa shape index (κ3) is 4.07. The maximum absolute atomic E-state index is 12.6. The van der Waals surface area contributed by atoms with Crippen molar-refractivity contribution in [2.24, 2.45) is 0 Å². The van der Waals surface area contributed by atoms with Crippen LogP contribution in [-0.2, 0) is 12.7 Å². The van der Waals surface area contributed by atoms with Gasteiger partial charge in [0, 0.05) is 23.3 Å².